The van der Waals surface area contributed by atoms with E-state index in [1.165, 1.54) is 13.4 Å². The number of hydrogen-bond acceptors (Lipinski definition) is 7. The number of anilines is 4. The minimum Gasteiger partial charge on any atom is -0.481 e. The maximum Gasteiger partial charge on any atom is 0.328 e. The summed E-state index contributed by atoms with van der Waals surface area (Å²) in [6.45, 7) is 3.91. The molecule has 9 nitrogen and oxygen atoms in total. The number of nitrogens with zero attached hydrogens (tertiary/aromatic N) is 6. The topological polar surface area (TPSA) is 86.7 Å². The van der Waals surface area contributed by atoms with Crippen LogP contribution in [0, 0.1) is 0 Å². The number of rotatable bonds is 4. The highest BCUT2D eigenvalue weighted by atomic mass is 19.1. The molecule has 2 amide bonds. The molecule has 1 N–H and O–H groups in total. The summed E-state index contributed by atoms with van der Waals surface area (Å²) in [4.78, 5) is 32.5. The molecule has 3 aromatic rings. The number of carbonyl (C=O) groups is 1. The molecule has 188 valence electrons. The van der Waals surface area contributed by atoms with E-state index < -0.39 is 6.17 Å². The molecule has 1 fully saturated rings. The fraction of sp³-hybridized carbons (Fsp3) is 0.385. The van der Waals surface area contributed by atoms with Crippen LogP contribution in [0.2, 0.25) is 0 Å². The van der Waals surface area contributed by atoms with Gasteiger partial charge in [-0.2, -0.15) is 0 Å². The van der Waals surface area contributed by atoms with Gasteiger partial charge in [-0.3, -0.25) is 10.2 Å². The minimum atomic E-state index is -0.793. The van der Waals surface area contributed by atoms with E-state index in [4.69, 9.17) is 9.72 Å². The molecular formula is C26H30FN7O2. The standard InChI is InChI=1S/C26H30FN7O2/c1-17-9-11-32(2)22-8-7-21(18-5-4-6-20(13-18)33-12-10-19(27)15-33)30-25(22)34(17)26(35)31-23-14-24(36-3)29-16-28-23/h4-8,13-14,16-17,19H,9-12,15H2,1-3H3,(H,28,29,31,35)/t17-,19-/m1/s1. The maximum atomic E-state index is 13.8. The summed E-state index contributed by atoms with van der Waals surface area (Å²) in [6, 6.07) is 13.1. The maximum absolute atomic E-state index is 13.8. The third-order valence-electron chi connectivity index (χ3n) is 6.76. The molecule has 0 radical (unpaired) electrons. The molecule has 2 aliphatic heterocycles. The highest BCUT2D eigenvalue weighted by molar-refractivity contribution is 6.03. The van der Waals surface area contributed by atoms with Crippen molar-refractivity contribution in [3.8, 4) is 17.1 Å². The fourth-order valence-corrected chi connectivity index (χ4v) is 4.72. The number of alkyl halides is 1. The number of amides is 2. The average molecular weight is 492 g/mol. The van der Waals surface area contributed by atoms with Gasteiger partial charge in [0.05, 0.1) is 18.5 Å². The lowest BCUT2D eigenvalue weighted by Crippen LogP contribution is -2.42. The lowest BCUT2D eigenvalue weighted by Gasteiger charge is -2.28. The number of fused-ring (bicyclic) bond motifs is 1. The van der Waals surface area contributed by atoms with Crippen molar-refractivity contribution in [1.82, 2.24) is 15.0 Å². The summed E-state index contributed by atoms with van der Waals surface area (Å²) in [5, 5.41) is 2.87. The first kappa shape index (κ1) is 23.8. The molecule has 2 aromatic heterocycles. The Morgan fingerprint density at radius 1 is 1.14 bits per heavy atom. The number of benzene rings is 1. The second-order valence-electron chi connectivity index (χ2n) is 9.23. The average Bonchev–Trinajstić information content (AvgIpc) is 3.28. The molecule has 10 heteroatoms. The number of carbonyl (C=O) groups excluding carboxylic acids is 1. The minimum absolute atomic E-state index is 0.0994. The predicted octanol–water partition coefficient (Wildman–Crippen LogP) is 4.36. The number of methoxy groups -OCH3 is 1. The Morgan fingerprint density at radius 2 is 2.00 bits per heavy atom. The van der Waals surface area contributed by atoms with Crippen molar-refractivity contribution in [2.24, 2.45) is 0 Å². The first-order chi connectivity index (χ1) is 17.4. The smallest absolute Gasteiger partial charge is 0.328 e. The number of nitrogens with one attached hydrogen (secondary N) is 1. The van der Waals surface area contributed by atoms with E-state index in [-0.39, 0.29) is 12.1 Å². The van der Waals surface area contributed by atoms with Gasteiger partial charge in [-0.15, -0.1) is 0 Å². The van der Waals surface area contributed by atoms with Crippen molar-refractivity contribution in [3.63, 3.8) is 0 Å². The molecule has 0 bridgehead atoms. The van der Waals surface area contributed by atoms with Crippen LogP contribution in [0.1, 0.15) is 19.8 Å². The Labute approximate surface area is 209 Å². The van der Waals surface area contributed by atoms with Gasteiger partial charge in [-0.1, -0.05) is 12.1 Å². The first-order valence-electron chi connectivity index (χ1n) is 12.1. The monoisotopic (exact) mass is 491 g/mol. The van der Waals surface area contributed by atoms with E-state index in [2.05, 4.69) is 25.1 Å². The molecule has 1 saturated heterocycles. The zero-order chi connectivity index (χ0) is 25.2. The molecule has 0 aliphatic carbocycles. The zero-order valence-corrected chi connectivity index (χ0v) is 20.7. The summed E-state index contributed by atoms with van der Waals surface area (Å²) < 4.78 is 18.9. The fourth-order valence-electron chi connectivity index (χ4n) is 4.72. The van der Waals surface area contributed by atoms with Gasteiger partial charge in [0.2, 0.25) is 5.88 Å². The van der Waals surface area contributed by atoms with Gasteiger partial charge in [0.1, 0.15) is 18.3 Å². The summed E-state index contributed by atoms with van der Waals surface area (Å²) in [6.07, 6.45) is 1.88. The van der Waals surface area contributed by atoms with E-state index in [9.17, 15) is 9.18 Å². The zero-order valence-electron chi connectivity index (χ0n) is 20.7. The second-order valence-corrected chi connectivity index (χ2v) is 9.23. The van der Waals surface area contributed by atoms with Crippen LogP contribution in [-0.2, 0) is 0 Å². The lowest BCUT2D eigenvalue weighted by molar-refractivity contribution is 0.255. The number of halogens is 1. The molecule has 36 heavy (non-hydrogen) atoms. The number of urea groups is 1. The molecule has 0 spiro atoms. The van der Waals surface area contributed by atoms with Crippen LogP contribution >= 0.6 is 0 Å². The summed E-state index contributed by atoms with van der Waals surface area (Å²) in [5.74, 6) is 1.29. The van der Waals surface area contributed by atoms with Crippen molar-refractivity contribution in [2.45, 2.75) is 32.0 Å². The Balaban J connectivity index is 1.50. The van der Waals surface area contributed by atoms with Crippen LogP contribution < -0.4 is 24.8 Å². The predicted molar refractivity (Wildman–Crippen MR) is 139 cm³/mol. The molecule has 2 aliphatic rings. The van der Waals surface area contributed by atoms with E-state index >= 15 is 0 Å². The Morgan fingerprint density at radius 3 is 2.78 bits per heavy atom. The van der Waals surface area contributed by atoms with Gasteiger partial charge in [0, 0.05) is 50.0 Å². The highest BCUT2D eigenvalue weighted by Gasteiger charge is 2.31. The summed E-state index contributed by atoms with van der Waals surface area (Å²) in [7, 11) is 3.52. The molecule has 2 atom stereocenters. The lowest BCUT2D eigenvalue weighted by atomic mass is 10.1. The molecular weight excluding hydrogens is 461 g/mol. The van der Waals surface area contributed by atoms with Crippen molar-refractivity contribution in [3.05, 3.63) is 48.8 Å². The summed E-state index contributed by atoms with van der Waals surface area (Å²) in [5.41, 5.74) is 3.50. The number of ether oxygens (including phenoxy) is 1. The first-order valence-corrected chi connectivity index (χ1v) is 12.1. The summed E-state index contributed by atoms with van der Waals surface area (Å²) >= 11 is 0. The highest BCUT2D eigenvalue weighted by Crippen LogP contribution is 2.36. The molecule has 4 heterocycles. The molecule has 0 unspecified atom stereocenters. The molecule has 0 saturated carbocycles. The Bertz CT molecular complexity index is 1260. The quantitative estimate of drug-likeness (QED) is 0.580. The van der Waals surface area contributed by atoms with E-state index in [1.807, 2.05) is 50.4 Å². The van der Waals surface area contributed by atoms with E-state index in [0.29, 0.717) is 37.0 Å². The van der Waals surface area contributed by atoms with Crippen molar-refractivity contribution < 1.29 is 13.9 Å². The van der Waals surface area contributed by atoms with Crippen LogP contribution in [0.15, 0.2) is 48.8 Å². The van der Waals surface area contributed by atoms with E-state index in [0.717, 1.165) is 35.6 Å². The largest absolute Gasteiger partial charge is 0.481 e. The number of pyridine rings is 1. The molecule has 5 rings (SSSR count). The van der Waals surface area contributed by atoms with Crippen molar-refractivity contribution in [1.29, 1.82) is 0 Å². The third kappa shape index (κ3) is 4.75. The molecule has 1 aromatic carbocycles. The van der Waals surface area contributed by atoms with Gasteiger partial charge >= 0.3 is 6.03 Å². The van der Waals surface area contributed by atoms with Crippen LogP contribution in [0.4, 0.5) is 32.2 Å². The van der Waals surface area contributed by atoms with Crippen LogP contribution in [0.25, 0.3) is 11.3 Å². The Hall–Kier alpha value is -3.95. The SMILES string of the molecule is COc1cc(NC(=O)N2c3nc(-c4cccc(N5CC[C@@H](F)C5)c4)ccc3N(C)CC[C@H]2C)ncn1. The van der Waals surface area contributed by atoms with Crippen molar-refractivity contribution in [2.75, 3.05) is 53.8 Å². The van der Waals surface area contributed by atoms with Gasteiger partial charge in [0.15, 0.2) is 5.82 Å². The van der Waals surface area contributed by atoms with Gasteiger partial charge in [-0.25, -0.2) is 24.1 Å². The third-order valence-corrected chi connectivity index (χ3v) is 6.76. The second kappa shape index (κ2) is 9.96. The normalized spacial score (nSPS) is 19.6. The number of hydrogen-bond donors (Lipinski definition) is 1. The van der Waals surface area contributed by atoms with Gasteiger partial charge in [-0.05, 0) is 44.0 Å². The van der Waals surface area contributed by atoms with Crippen molar-refractivity contribution >= 4 is 29.0 Å². The van der Waals surface area contributed by atoms with E-state index in [1.54, 1.807) is 11.0 Å². The number of aromatic nitrogens is 3. The van der Waals surface area contributed by atoms with Crippen LogP contribution in [-0.4, -0.2) is 67.0 Å². The van der Waals surface area contributed by atoms with Gasteiger partial charge in [0.25, 0.3) is 0 Å². The van der Waals surface area contributed by atoms with Crippen LogP contribution in [0.3, 0.4) is 0 Å². The Kier molecular flexibility index (Phi) is 6.58. The van der Waals surface area contributed by atoms with Gasteiger partial charge < -0.3 is 14.5 Å². The van der Waals surface area contributed by atoms with Crippen LogP contribution in [0.5, 0.6) is 5.88 Å².